The first-order valence-corrected chi connectivity index (χ1v) is 8.54. The monoisotopic (exact) mass is 303 g/mol. The Bertz CT molecular complexity index is 467. The molecule has 0 atom stereocenters. The van der Waals surface area contributed by atoms with E-state index in [2.05, 4.69) is 17.1 Å². The molecule has 1 aliphatic rings. The Kier molecular flexibility index (Phi) is 6.72. The van der Waals surface area contributed by atoms with Crippen molar-refractivity contribution in [3.63, 3.8) is 0 Å². The molecule has 1 fully saturated rings. The van der Waals surface area contributed by atoms with Gasteiger partial charge in [0.15, 0.2) is 0 Å². The lowest BCUT2D eigenvalue weighted by atomic mass is 10.0. The summed E-state index contributed by atoms with van der Waals surface area (Å²) in [5.41, 5.74) is 7.75. The van der Waals surface area contributed by atoms with E-state index < -0.39 is 0 Å². The first kappa shape index (κ1) is 16.8. The molecule has 1 saturated heterocycles. The topological polar surface area (TPSA) is 58.4 Å². The van der Waals surface area contributed by atoms with Crippen molar-refractivity contribution in [3.05, 3.63) is 29.8 Å². The molecule has 0 saturated carbocycles. The van der Waals surface area contributed by atoms with Gasteiger partial charge < -0.3 is 16.0 Å². The molecule has 4 nitrogen and oxygen atoms in total. The maximum absolute atomic E-state index is 12.1. The van der Waals surface area contributed by atoms with Crippen LogP contribution in [0.5, 0.6) is 0 Å². The zero-order valence-corrected chi connectivity index (χ0v) is 13.7. The lowest BCUT2D eigenvalue weighted by Crippen LogP contribution is -2.44. The van der Waals surface area contributed by atoms with E-state index in [0.29, 0.717) is 18.9 Å². The number of hydrogen-bond donors (Lipinski definition) is 2. The van der Waals surface area contributed by atoms with Crippen LogP contribution in [0.15, 0.2) is 24.3 Å². The quantitative estimate of drug-likeness (QED) is 0.761. The van der Waals surface area contributed by atoms with E-state index in [1.807, 2.05) is 24.3 Å². The number of likely N-dealkylation sites (tertiary alicyclic amines) is 1. The average Bonchev–Trinajstić information content (AvgIpc) is 2.53. The SMILES string of the molecule is CCCCN1CCC(NC(=O)CCc2ccccc2N)CC1. The molecule has 4 heteroatoms. The summed E-state index contributed by atoms with van der Waals surface area (Å²) in [6, 6.07) is 8.12. The summed E-state index contributed by atoms with van der Waals surface area (Å²) in [6.07, 6.45) is 5.90. The van der Waals surface area contributed by atoms with E-state index in [0.717, 1.165) is 37.2 Å². The molecule has 1 amide bonds. The standard InChI is InChI=1S/C18H29N3O/c1-2-3-12-21-13-10-16(11-14-21)20-18(22)9-8-15-6-4-5-7-17(15)19/h4-7,16H,2-3,8-14,19H2,1H3,(H,20,22). The molecule has 0 radical (unpaired) electrons. The van der Waals surface area contributed by atoms with Crippen molar-refractivity contribution < 1.29 is 4.79 Å². The molecular weight excluding hydrogens is 274 g/mol. The summed E-state index contributed by atoms with van der Waals surface area (Å²) < 4.78 is 0. The Labute approximate surface area is 134 Å². The highest BCUT2D eigenvalue weighted by atomic mass is 16.1. The molecule has 1 aromatic rings. The fraction of sp³-hybridized carbons (Fsp3) is 0.611. The second kappa shape index (κ2) is 8.79. The molecular formula is C18H29N3O. The van der Waals surface area contributed by atoms with Crippen LogP contribution in [-0.4, -0.2) is 36.5 Å². The van der Waals surface area contributed by atoms with Crippen LogP contribution >= 0.6 is 0 Å². The Balaban J connectivity index is 1.67. The smallest absolute Gasteiger partial charge is 0.220 e. The molecule has 22 heavy (non-hydrogen) atoms. The lowest BCUT2D eigenvalue weighted by molar-refractivity contribution is -0.122. The van der Waals surface area contributed by atoms with Crippen LogP contribution in [0.25, 0.3) is 0 Å². The van der Waals surface area contributed by atoms with Gasteiger partial charge in [0.2, 0.25) is 5.91 Å². The fourth-order valence-corrected chi connectivity index (χ4v) is 2.99. The minimum atomic E-state index is 0.148. The Hall–Kier alpha value is -1.55. The molecule has 3 N–H and O–H groups in total. The van der Waals surface area contributed by atoms with Crippen LogP contribution in [0.1, 0.15) is 44.6 Å². The molecule has 0 bridgehead atoms. The third kappa shape index (κ3) is 5.34. The summed E-state index contributed by atoms with van der Waals surface area (Å²) in [5, 5.41) is 3.18. The minimum Gasteiger partial charge on any atom is -0.399 e. The number of aryl methyl sites for hydroxylation is 1. The zero-order valence-electron chi connectivity index (χ0n) is 13.7. The van der Waals surface area contributed by atoms with Crippen molar-refractivity contribution in [2.24, 2.45) is 0 Å². The highest BCUT2D eigenvalue weighted by Crippen LogP contribution is 2.14. The maximum atomic E-state index is 12.1. The van der Waals surface area contributed by atoms with Crippen molar-refractivity contribution in [3.8, 4) is 0 Å². The van der Waals surface area contributed by atoms with Gasteiger partial charge >= 0.3 is 0 Å². The predicted octanol–water partition coefficient (Wildman–Crippen LogP) is 2.58. The summed E-state index contributed by atoms with van der Waals surface area (Å²) in [6.45, 7) is 5.64. The molecule has 1 aromatic carbocycles. The number of carbonyl (C=O) groups excluding carboxylic acids is 1. The van der Waals surface area contributed by atoms with Gasteiger partial charge in [-0.15, -0.1) is 0 Å². The predicted molar refractivity (Wildman–Crippen MR) is 91.7 cm³/mol. The van der Waals surface area contributed by atoms with E-state index in [1.165, 1.54) is 19.4 Å². The van der Waals surface area contributed by atoms with Gasteiger partial charge in [-0.1, -0.05) is 31.5 Å². The van der Waals surface area contributed by atoms with Crippen molar-refractivity contribution in [1.29, 1.82) is 0 Å². The number of anilines is 1. The molecule has 0 aromatic heterocycles. The number of nitrogens with two attached hydrogens (primary N) is 1. The first-order chi connectivity index (χ1) is 10.7. The van der Waals surface area contributed by atoms with E-state index >= 15 is 0 Å². The van der Waals surface area contributed by atoms with Crippen LogP contribution in [-0.2, 0) is 11.2 Å². The van der Waals surface area contributed by atoms with Gasteiger partial charge in [-0.05, 0) is 43.9 Å². The molecule has 122 valence electrons. The Morgan fingerprint density at radius 3 is 2.73 bits per heavy atom. The van der Waals surface area contributed by atoms with Gasteiger partial charge in [0.05, 0.1) is 0 Å². The summed E-state index contributed by atoms with van der Waals surface area (Å²) in [5.74, 6) is 0.148. The van der Waals surface area contributed by atoms with E-state index in [-0.39, 0.29) is 5.91 Å². The number of unbranched alkanes of at least 4 members (excludes halogenated alkanes) is 1. The summed E-state index contributed by atoms with van der Waals surface area (Å²) in [7, 11) is 0. The number of nitrogens with zero attached hydrogens (tertiary/aromatic N) is 1. The number of rotatable bonds is 7. The van der Waals surface area contributed by atoms with Gasteiger partial charge in [-0.2, -0.15) is 0 Å². The number of nitrogens with one attached hydrogen (secondary N) is 1. The normalized spacial score (nSPS) is 16.6. The highest BCUT2D eigenvalue weighted by Gasteiger charge is 2.20. The summed E-state index contributed by atoms with van der Waals surface area (Å²) in [4.78, 5) is 14.6. The molecule has 0 unspecified atom stereocenters. The number of piperidine rings is 1. The third-order valence-corrected chi connectivity index (χ3v) is 4.46. The van der Waals surface area contributed by atoms with Crippen LogP contribution in [0.3, 0.4) is 0 Å². The first-order valence-electron chi connectivity index (χ1n) is 8.54. The van der Waals surface area contributed by atoms with Crippen LogP contribution < -0.4 is 11.1 Å². The lowest BCUT2D eigenvalue weighted by Gasteiger charge is -2.32. The number of carbonyl (C=O) groups is 1. The zero-order chi connectivity index (χ0) is 15.8. The second-order valence-corrected chi connectivity index (χ2v) is 6.24. The van der Waals surface area contributed by atoms with Gasteiger partial charge in [-0.25, -0.2) is 0 Å². The van der Waals surface area contributed by atoms with Crippen LogP contribution in [0, 0.1) is 0 Å². The molecule has 1 aliphatic heterocycles. The maximum Gasteiger partial charge on any atom is 0.220 e. The van der Waals surface area contributed by atoms with Gasteiger partial charge in [0.1, 0.15) is 0 Å². The molecule has 1 heterocycles. The summed E-state index contributed by atoms with van der Waals surface area (Å²) >= 11 is 0. The van der Waals surface area contributed by atoms with Gasteiger partial charge in [-0.3, -0.25) is 4.79 Å². The fourth-order valence-electron chi connectivity index (χ4n) is 2.99. The van der Waals surface area contributed by atoms with Gasteiger partial charge in [0, 0.05) is 31.2 Å². The molecule has 0 spiro atoms. The minimum absolute atomic E-state index is 0.148. The van der Waals surface area contributed by atoms with Crippen molar-refractivity contribution in [2.45, 2.75) is 51.5 Å². The second-order valence-electron chi connectivity index (χ2n) is 6.24. The van der Waals surface area contributed by atoms with E-state index in [4.69, 9.17) is 5.73 Å². The molecule has 2 rings (SSSR count). The number of hydrogen-bond acceptors (Lipinski definition) is 3. The van der Waals surface area contributed by atoms with Crippen LogP contribution in [0.4, 0.5) is 5.69 Å². The average molecular weight is 303 g/mol. The number of amides is 1. The number of benzene rings is 1. The van der Waals surface area contributed by atoms with Crippen molar-refractivity contribution >= 4 is 11.6 Å². The largest absolute Gasteiger partial charge is 0.399 e. The Morgan fingerprint density at radius 2 is 2.05 bits per heavy atom. The molecule has 0 aliphatic carbocycles. The van der Waals surface area contributed by atoms with Gasteiger partial charge in [0.25, 0.3) is 0 Å². The van der Waals surface area contributed by atoms with Crippen LogP contribution in [0.2, 0.25) is 0 Å². The van der Waals surface area contributed by atoms with E-state index in [9.17, 15) is 4.79 Å². The highest BCUT2D eigenvalue weighted by molar-refractivity contribution is 5.76. The van der Waals surface area contributed by atoms with Crippen molar-refractivity contribution in [1.82, 2.24) is 10.2 Å². The van der Waals surface area contributed by atoms with E-state index in [1.54, 1.807) is 0 Å². The number of nitrogen functional groups attached to an aromatic ring is 1. The van der Waals surface area contributed by atoms with Crippen molar-refractivity contribution in [2.75, 3.05) is 25.4 Å². The third-order valence-electron chi connectivity index (χ3n) is 4.46. The number of para-hydroxylation sites is 1. The Morgan fingerprint density at radius 1 is 1.32 bits per heavy atom.